The third-order valence-corrected chi connectivity index (χ3v) is 7.66. The average Bonchev–Trinajstić information content (AvgIpc) is 3.38. The Hall–Kier alpha value is -1.89. The van der Waals surface area contributed by atoms with Gasteiger partial charge in [0.1, 0.15) is 6.10 Å². The quantitative estimate of drug-likeness (QED) is 0.412. The lowest BCUT2D eigenvalue weighted by Gasteiger charge is -2.23. The number of aliphatic hydroxyl groups is 1. The van der Waals surface area contributed by atoms with Gasteiger partial charge in [0, 0.05) is 19.1 Å². The minimum atomic E-state index is -3.65. The van der Waals surface area contributed by atoms with Gasteiger partial charge >= 0.3 is 0 Å². The normalized spacial score (nSPS) is 27.2. The summed E-state index contributed by atoms with van der Waals surface area (Å²) in [5.74, 6) is -0.588. The standard InChI is InChI=1S/C20H32N6O5S/c1-5-7-8-21-17-14-18(23-19(22-17)32(28,29)9-6-2)26(25-24-14)13-10-12(11-27)15-16(13)31-20(3,4)30-15/h12-13,15-16,27H,5-11H2,1-4H3,(H,21,22,23). The molecular weight excluding hydrogens is 436 g/mol. The zero-order valence-electron chi connectivity index (χ0n) is 19.0. The van der Waals surface area contributed by atoms with E-state index >= 15 is 0 Å². The second-order valence-corrected chi connectivity index (χ2v) is 11.0. The van der Waals surface area contributed by atoms with E-state index in [9.17, 15) is 13.5 Å². The molecule has 0 amide bonds. The molecule has 4 rings (SSSR count). The lowest BCUT2D eigenvalue weighted by atomic mass is 10.1. The lowest BCUT2D eigenvalue weighted by molar-refractivity contribution is -0.162. The molecule has 0 aromatic carbocycles. The van der Waals surface area contributed by atoms with Crippen LogP contribution >= 0.6 is 0 Å². The molecule has 2 fully saturated rings. The van der Waals surface area contributed by atoms with Crippen LogP contribution in [0.5, 0.6) is 0 Å². The number of rotatable bonds is 9. The largest absolute Gasteiger partial charge is 0.396 e. The highest BCUT2D eigenvalue weighted by Gasteiger charge is 2.55. The van der Waals surface area contributed by atoms with Crippen LogP contribution in [0.1, 0.15) is 59.4 Å². The molecule has 2 aliphatic rings. The van der Waals surface area contributed by atoms with Crippen molar-refractivity contribution in [1.29, 1.82) is 0 Å². The molecule has 2 N–H and O–H groups in total. The van der Waals surface area contributed by atoms with Crippen LogP contribution in [0.25, 0.3) is 11.2 Å². The number of sulfone groups is 1. The van der Waals surface area contributed by atoms with Crippen LogP contribution in [-0.4, -0.2) is 75.4 Å². The van der Waals surface area contributed by atoms with Crippen LogP contribution in [0.4, 0.5) is 5.82 Å². The van der Waals surface area contributed by atoms with E-state index in [-0.39, 0.29) is 41.7 Å². The second kappa shape index (κ2) is 8.81. The summed E-state index contributed by atoms with van der Waals surface area (Å²) in [7, 11) is -3.65. The van der Waals surface area contributed by atoms with Crippen molar-refractivity contribution in [2.45, 2.75) is 82.6 Å². The summed E-state index contributed by atoms with van der Waals surface area (Å²) in [5, 5.41) is 21.5. The third-order valence-electron chi connectivity index (χ3n) is 5.98. The summed E-state index contributed by atoms with van der Waals surface area (Å²) in [6.45, 7) is 8.14. The number of nitrogens with one attached hydrogen (secondary N) is 1. The summed E-state index contributed by atoms with van der Waals surface area (Å²) in [6.07, 6.45) is 2.27. The highest BCUT2D eigenvalue weighted by atomic mass is 32.2. The van der Waals surface area contributed by atoms with E-state index in [0.717, 1.165) is 12.8 Å². The topological polar surface area (TPSA) is 141 Å². The fourth-order valence-electron chi connectivity index (χ4n) is 4.51. The van der Waals surface area contributed by atoms with E-state index in [0.29, 0.717) is 36.4 Å². The van der Waals surface area contributed by atoms with Gasteiger partial charge in [-0.3, -0.25) is 0 Å². The van der Waals surface area contributed by atoms with Gasteiger partial charge in [-0.25, -0.2) is 13.1 Å². The molecule has 2 aromatic heterocycles. The van der Waals surface area contributed by atoms with Crippen molar-refractivity contribution < 1.29 is 23.0 Å². The number of aromatic nitrogens is 5. The first-order valence-electron chi connectivity index (χ1n) is 11.3. The first-order chi connectivity index (χ1) is 15.2. The predicted octanol–water partition coefficient (Wildman–Crippen LogP) is 1.69. The van der Waals surface area contributed by atoms with E-state index < -0.39 is 15.6 Å². The molecule has 0 bridgehead atoms. The van der Waals surface area contributed by atoms with Crippen molar-refractivity contribution in [2.24, 2.45) is 5.92 Å². The van der Waals surface area contributed by atoms with Gasteiger partial charge in [-0.1, -0.05) is 25.5 Å². The van der Waals surface area contributed by atoms with Crippen molar-refractivity contribution in [3.05, 3.63) is 0 Å². The van der Waals surface area contributed by atoms with Gasteiger partial charge in [-0.2, -0.15) is 9.97 Å². The molecule has 1 aliphatic heterocycles. The molecule has 2 aromatic rings. The van der Waals surface area contributed by atoms with E-state index in [4.69, 9.17) is 9.47 Å². The van der Waals surface area contributed by atoms with E-state index in [1.807, 2.05) is 13.8 Å². The third kappa shape index (κ3) is 4.20. The Morgan fingerprint density at radius 3 is 2.62 bits per heavy atom. The number of unbranched alkanes of at least 4 members (excludes halogenated alkanes) is 1. The minimum Gasteiger partial charge on any atom is -0.396 e. The summed E-state index contributed by atoms with van der Waals surface area (Å²) in [4.78, 5) is 8.70. The Morgan fingerprint density at radius 2 is 1.94 bits per heavy atom. The molecular formula is C20H32N6O5S. The van der Waals surface area contributed by atoms with E-state index in [1.165, 1.54) is 0 Å². The molecule has 178 valence electrons. The maximum atomic E-state index is 12.8. The van der Waals surface area contributed by atoms with Gasteiger partial charge in [0.2, 0.25) is 9.84 Å². The fraction of sp³-hybridized carbons (Fsp3) is 0.800. The van der Waals surface area contributed by atoms with Crippen LogP contribution < -0.4 is 5.32 Å². The zero-order valence-corrected chi connectivity index (χ0v) is 19.8. The molecule has 11 nitrogen and oxygen atoms in total. The van der Waals surface area contributed by atoms with E-state index in [2.05, 4.69) is 32.5 Å². The van der Waals surface area contributed by atoms with Crippen LogP contribution in [-0.2, 0) is 19.3 Å². The molecule has 1 aliphatic carbocycles. The summed E-state index contributed by atoms with van der Waals surface area (Å²) < 4.78 is 39.4. The van der Waals surface area contributed by atoms with Crippen molar-refractivity contribution in [2.75, 3.05) is 24.2 Å². The SMILES string of the molecule is CCCCNc1nc(S(=O)(=O)CCC)nc2c1nnn2C1CC(CO)C2OC(C)(C)OC21. The number of fused-ring (bicyclic) bond motifs is 2. The molecule has 32 heavy (non-hydrogen) atoms. The fourth-order valence-corrected chi connectivity index (χ4v) is 5.69. The van der Waals surface area contributed by atoms with Crippen molar-refractivity contribution in [3.63, 3.8) is 0 Å². The first kappa shape index (κ1) is 23.3. The van der Waals surface area contributed by atoms with Crippen LogP contribution in [0.2, 0.25) is 0 Å². The van der Waals surface area contributed by atoms with Crippen LogP contribution in [0.15, 0.2) is 5.16 Å². The maximum absolute atomic E-state index is 12.8. The Labute approximate surface area is 187 Å². The summed E-state index contributed by atoms with van der Waals surface area (Å²) >= 11 is 0. The maximum Gasteiger partial charge on any atom is 0.251 e. The van der Waals surface area contributed by atoms with Crippen LogP contribution in [0.3, 0.4) is 0 Å². The number of ether oxygens (including phenoxy) is 2. The monoisotopic (exact) mass is 468 g/mol. The van der Waals surface area contributed by atoms with Crippen LogP contribution in [0, 0.1) is 5.92 Å². The number of anilines is 1. The highest BCUT2D eigenvalue weighted by Crippen LogP contribution is 2.47. The van der Waals surface area contributed by atoms with Gasteiger partial charge in [0.15, 0.2) is 22.8 Å². The predicted molar refractivity (Wildman–Crippen MR) is 117 cm³/mol. The average molecular weight is 469 g/mol. The summed E-state index contributed by atoms with van der Waals surface area (Å²) in [6, 6.07) is -0.302. The molecule has 4 unspecified atom stereocenters. The van der Waals surface area contributed by atoms with Gasteiger partial charge < -0.3 is 19.9 Å². The van der Waals surface area contributed by atoms with Gasteiger partial charge in [0.05, 0.1) is 17.9 Å². The summed E-state index contributed by atoms with van der Waals surface area (Å²) in [5.41, 5.74) is 0.753. The first-order valence-corrected chi connectivity index (χ1v) is 12.9. The molecule has 1 saturated heterocycles. The lowest BCUT2D eigenvalue weighted by Crippen LogP contribution is -2.28. The Morgan fingerprint density at radius 1 is 1.19 bits per heavy atom. The molecule has 4 atom stereocenters. The minimum absolute atomic E-state index is 0.0413. The molecule has 12 heteroatoms. The second-order valence-electron chi connectivity index (χ2n) is 8.97. The van der Waals surface area contributed by atoms with E-state index in [1.54, 1.807) is 11.6 Å². The van der Waals surface area contributed by atoms with Crippen molar-refractivity contribution in [1.82, 2.24) is 25.0 Å². The van der Waals surface area contributed by atoms with Gasteiger partial charge in [-0.15, -0.1) is 5.10 Å². The molecule has 0 spiro atoms. The number of nitrogens with zero attached hydrogens (tertiary/aromatic N) is 5. The highest BCUT2D eigenvalue weighted by molar-refractivity contribution is 7.91. The smallest absolute Gasteiger partial charge is 0.251 e. The van der Waals surface area contributed by atoms with Crippen molar-refractivity contribution in [3.8, 4) is 0 Å². The Kier molecular flexibility index (Phi) is 6.40. The Bertz CT molecular complexity index is 1070. The zero-order chi connectivity index (χ0) is 23.1. The van der Waals surface area contributed by atoms with Crippen molar-refractivity contribution >= 4 is 26.8 Å². The number of hydrogen-bond acceptors (Lipinski definition) is 10. The molecule has 0 radical (unpaired) electrons. The van der Waals surface area contributed by atoms with Gasteiger partial charge in [-0.05, 0) is 33.1 Å². The molecule has 1 saturated carbocycles. The Balaban J connectivity index is 1.80. The number of aliphatic hydroxyl groups excluding tert-OH is 1. The molecule has 3 heterocycles. The van der Waals surface area contributed by atoms with Gasteiger partial charge in [0.25, 0.3) is 5.16 Å². The number of hydrogen-bond donors (Lipinski definition) is 2.